The van der Waals surface area contributed by atoms with Gasteiger partial charge < -0.3 is 10.3 Å². The Morgan fingerprint density at radius 3 is 2.80 bits per heavy atom. The summed E-state index contributed by atoms with van der Waals surface area (Å²) in [6, 6.07) is 4.20. The third kappa shape index (κ3) is 3.42. The fourth-order valence-corrected chi connectivity index (χ4v) is 3.97. The molecule has 0 unspecified atom stereocenters. The Kier molecular flexibility index (Phi) is 4.50. The number of aromatic amines is 1. The van der Waals surface area contributed by atoms with Crippen molar-refractivity contribution in [1.82, 2.24) is 29.7 Å². The summed E-state index contributed by atoms with van der Waals surface area (Å²) < 4.78 is 15.8. The van der Waals surface area contributed by atoms with Crippen molar-refractivity contribution in [2.45, 2.75) is 31.6 Å². The van der Waals surface area contributed by atoms with Crippen LogP contribution >= 0.6 is 0 Å². The average Bonchev–Trinajstić information content (AvgIpc) is 3.47. The summed E-state index contributed by atoms with van der Waals surface area (Å²) >= 11 is 0. The lowest BCUT2D eigenvalue weighted by molar-refractivity contribution is 0.102. The van der Waals surface area contributed by atoms with Gasteiger partial charge in [-0.3, -0.25) is 9.48 Å². The van der Waals surface area contributed by atoms with Gasteiger partial charge in [0.05, 0.1) is 6.20 Å². The largest absolute Gasteiger partial charge is 0.337 e. The van der Waals surface area contributed by atoms with Crippen molar-refractivity contribution in [2.75, 3.05) is 5.32 Å². The zero-order valence-electron chi connectivity index (χ0n) is 16.4. The molecule has 3 aromatic heterocycles. The van der Waals surface area contributed by atoms with Gasteiger partial charge in [0.1, 0.15) is 23.5 Å². The number of rotatable bonds is 4. The maximum Gasteiger partial charge on any atom is 0.257 e. The van der Waals surface area contributed by atoms with Gasteiger partial charge >= 0.3 is 0 Å². The number of imidazole rings is 1. The van der Waals surface area contributed by atoms with E-state index < -0.39 is 11.7 Å². The molecular formula is C21H20FN7O. The van der Waals surface area contributed by atoms with Crippen molar-refractivity contribution in [1.29, 1.82) is 0 Å². The first-order chi connectivity index (χ1) is 14.6. The van der Waals surface area contributed by atoms with Crippen LogP contribution in [-0.4, -0.2) is 35.6 Å². The van der Waals surface area contributed by atoms with Crippen LogP contribution in [0.2, 0.25) is 0 Å². The highest BCUT2D eigenvalue weighted by atomic mass is 19.1. The summed E-state index contributed by atoms with van der Waals surface area (Å²) in [5, 5.41) is 6.87. The fraction of sp³-hybridized carbons (Fsp3) is 0.286. The minimum Gasteiger partial charge on any atom is -0.337 e. The number of fused-ring (bicyclic) bond motifs is 1. The molecule has 1 fully saturated rings. The number of H-pyrrole nitrogens is 1. The first-order valence-electron chi connectivity index (χ1n) is 9.88. The number of aryl methyl sites for hydroxylation is 1. The standard InChI is InChI=1S/C21H20FN7O/c1-29-10-15(9-25-29)13-6-14(8-16(22)7-13)21(30)28-20-17-19(23-11-24-20)27-18(26-17)12-4-2-3-5-12/h6-12H,2-5H2,1H3,(H2,23,24,26,27,28,30). The Labute approximate surface area is 171 Å². The first kappa shape index (κ1) is 18.4. The maximum absolute atomic E-state index is 14.2. The van der Waals surface area contributed by atoms with Gasteiger partial charge in [-0.2, -0.15) is 5.10 Å². The third-order valence-corrected chi connectivity index (χ3v) is 5.48. The third-order valence-electron chi connectivity index (χ3n) is 5.48. The lowest BCUT2D eigenvalue weighted by atomic mass is 10.1. The molecule has 0 bridgehead atoms. The number of nitrogens with zero attached hydrogens (tertiary/aromatic N) is 5. The van der Waals surface area contributed by atoms with E-state index in [1.54, 1.807) is 30.2 Å². The number of anilines is 1. The van der Waals surface area contributed by atoms with Crippen LogP contribution in [-0.2, 0) is 7.05 Å². The van der Waals surface area contributed by atoms with Crippen molar-refractivity contribution in [3.05, 3.63) is 54.1 Å². The molecule has 0 aliphatic heterocycles. The zero-order valence-corrected chi connectivity index (χ0v) is 16.4. The summed E-state index contributed by atoms with van der Waals surface area (Å²) in [5.74, 6) is 0.626. The Morgan fingerprint density at radius 1 is 1.20 bits per heavy atom. The van der Waals surface area contributed by atoms with E-state index in [0.29, 0.717) is 28.5 Å². The number of aromatic nitrogens is 6. The summed E-state index contributed by atoms with van der Waals surface area (Å²) in [5.41, 5.74) is 2.58. The van der Waals surface area contributed by atoms with E-state index in [1.807, 2.05) is 0 Å². The van der Waals surface area contributed by atoms with Crippen molar-refractivity contribution >= 4 is 22.9 Å². The van der Waals surface area contributed by atoms with E-state index in [4.69, 9.17) is 0 Å². The molecule has 8 nitrogen and oxygen atoms in total. The lowest BCUT2D eigenvalue weighted by Crippen LogP contribution is -2.14. The van der Waals surface area contributed by atoms with Gasteiger partial charge in [0.15, 0.2) is 11.5 Å². The fourth-order valence-electron chi connectivity index (χ4n) is 3.97. The topological polar surface area (TPSA) is 101 Å². The monoisotopic (exact) mass is 405 g/mol. The lowest BCUT2D eigenvalue weighted by Gasteiger charge is -2.07. The van der Waals surface area contributed by atoms with E-state index in [9.17, 15) is 9.18 Å². The summed E-state index contributed by atoms with van der Waals surface area (Å²) in [4.78, 5) is 29.1. The van der Waals surface area contributed by atoms with E-state index in [2.05, 4.69) is 30.4 Å². The van der Waals surface area contributed by atoms with Crippen molar-refractivity contribution < 1.29 is 9.18 Å². The molecule has 5 rings (SSSR count). The van der Waals surface area contributed by atoms with Crippen LogP contribution in [0.1, 0.15) is 47.8 Å². The molecule has 2 N–H and O–H groups in total. The average molecular weight is 405 g/mol. The normalized spacial score (nSPS) is 14.5. The zero-order chi connectivity index (χ0) is 20.7. The molecule has 0 radical (unpaired) electrons. The van der Waals surface area contributed by atoms with Crippen molar-refractivity contribution in [3.63, 3.8) is 0 Å². The second-order valence-electron chi connectivity index (χ2n) is 7.61. The Morgan fingerprint density at radius 2 is 2.03 bits per heavy atom. The Bertz CT molecular complexity index is 1240. The molecule has 0 atom stereocenters. The first-order valence-corrected chi connectivity index (χ1v) is 9.88. The number of benzene rings is 1. The molecule has 1 aliphatic rings. The van der Waals surface area contributed by atoms with Crippen LogP contribution in [0.15, 0.2) is 36.9 Å². The molecule has 152 valence electrons. The molecule has 1 aromatic carbocycles. The van der Waals surface area contributed by atoms with Crippen molar-refractivity contribution in [3.8, 4) is 11.1 Å². The van der Waals surface area contributed by atoms with Crippen molar-refractivity contribution in [2.24, 2.45) is 7.05 Å². The minimum atomic E-state index is -0.501. The van der Waals surface area contributed by atoms with E-state index >= 15 is 0 Å². The minimum absolute atomic E-state index is 0.191. The van der Waals surface area contributed by atoms with Gasteiger partial charge in [0.2, 0.25) is 0 Å². The van der Waals surface area contributed by atoms with Gasteiger partial charge in [-0.15, -0.1) is 0 Å². The molecule has 1 amide bonds. The highest BCUT2D eigenvalue weighted by molar-refractivity contribution is 6.07. The number of amides is 1. The molecule has 30 heavy (non-hydrogen) atoms. The van der Waals surface area contributed by atoms with Gasteiger partial charge in [0.25, 0.3) is 5.91 Å². The highest BCUT2D eigenvalue weighted by Crippen LogP contribution is 2.33. The number of carbonyl (C=O) groups is 1. The van der Waals surface area contributed by atoms with Gasteiger partial charge in [-0.25, -0.2) is 19.3 Å². The van der Waals surface area contributed by atoms with Crippen LogP contribution in [0.5, 0.6) is 0 Å². The quantitative estimate of drug-likeness (QED) is 0.538. The molecule has 1 aliphatic carbocycles. The van der Waals surface area contributed by atoms with Crippen LogP contribution in [0.4, 0.5) is 10.2 Å². The molecule has 0 saturated heterocycles. The van der Waals surface area contributed by atoms with Crippen LogP contribution in [0.25, 0.3) is 22.3 Å². The Balaban J connectivity index is 1.45. The molecule has 1 saturated carbocycles. The van der Waals surface area contributed by atoms with Gasteiger partial charge in [0, 0.05) is 30.3 Å². The maximum atomic E-state index is 14.2. The Hall–Kier alpha value is -3.62. The number of hydrogen-bond donors (Lipinski definition) is 2. The van der Waals surface area contributed by atoms with Crippen LogP contribution < -0.4 is 5.32 Å². The number of halogens is 1. The molecule has 3 heterocycles. The summed E-state index contributed by atoms with van der Waals surface area (Å²) in [7, 11) is 1.78. The van der Waals surface area contributed by atoms with Gasteiger partial charge in [-0.05, 0) is 36.6 Å². The molecule has 0 spiro atoms. The highest BCUT2D eigenvalue weighted by Gasteiger charge is 2.22. The molecular weight excluding hydrogens is 385 g/mol. The van der Waals surface area contributed by atoms with E-state index in [0.717, 1.165) is 24.2 Å². The number of carbonyl (C=O) groups excluding carboxylic acids is 1. The van der Waals surface area contributed by atoms with Crippen LogP contribution in [0.3, 0.4) is 0 Å². The number of hydrogen-bond acceptors (Lipinski definition) is 5. The number of nitrogens with one attached hydrogen (secondary N) is 2. The molecule has 9 heteroatoms. The second kappa shape index (κ2) is 7.33. The summed E-state index contributed by atoms with van der Waals surface area (Å²) in [6.07, 6.45) is 9.32. The van der Waals surface area contributed by atoms with Crippen LogP contribution in [0, 0.1) is 5.82 Å². The van der Waals surface area contributed by atoms with E-state index in [1.165, 1.54) is 31.3 Å². The SMILES string of the molecule is Cn1cc(-c2cc(F)cc(C(=O)Nc3ncnc4nc(C5CCCC5)[nH]c34)c2)cn1. The molecule has 4 aromatic rings. The smallest absolute Gasteiger partial charge is 0.257 e. The predicted octanol–water partition coefficient (Wildman–Crippen LogP) is 3.80. The van der Waals surface area contributed by atoms with Gasteiger partial charge in [-0.1, -0.05) is 12.8 Å². The predicted molar refractivity (Wildman–Crippen MR) is 109 cm³/mol. The second-order valence-corrected chi connectivity index (χ2v) is 7.61. The van der Waals surface area contributed by atoms with E-state index in [-0.39, 0.29) is 5.56 Å². The summed E-state index contributed by atoms with van der Waals surface area (Å²) in [6.45, 7) is 0.